The van der Waals surface area contributed by atoms with Gasteiger partial charge in [-0.25, -0.2) is 0 Å². The Kier molecular flexibility index (Phi) is 7.77. The molecule has 0 aromatic heterocycles. The third kappa shape index (κ3) is 5.35. The molecule has 126 valence electrons. The summed E-state index contributed by atoms with van der Waals surface area (Å²) in [7, 11) is 0.232. The standard InChI is InChI=1S/C23H30Si/c1-4-19-10-14-21(15-11-19)23(9-7-6-8-18-24-3)22-16-12-20(5-2)13-17-22/h4-5,10-17,23H,1-2,6-9,18,24H2,3H3. The van der Waals surface area contributed by atoms with Crippen LogP contribution in [0.4, 0.5) is 0 Å². The molecule has 2 aromatic carbocycles. The third-order valence-corrected chi connectivity index (χ3v) is 5.95. The van der Waals surface area contributed by atoms with Crippen molar-refractivity contribution in [2.75, 3.05) is 0 Å². The summed E-state index contributed by atoms with van der Waals surface area (Å²) in [6.07, 6.45) is 9.14. The van der Waals surface area contributed by atoms with Gasteiger partial charge in [-0.2, -0.15) is 0 Å². The van der Waals surface area contributed by atoms with Gasteiger partial charge in [0.2, 0.25) is 0 Å². The highest BCUT2D eigenvalue weighted by atomic mass is 28.2. The minimum atomic E-state index is 0.232. The van der Waals surface area contributed by atoms with Crippen LogP contribution in [0.3, 0.4) is 0 Å². The van der Waals surface area contributed by atoms with Crippen molar-refractivity contribution in [3.63, 3.8) is 0 Å². The molecule has 0 fully saturated rings. The molecule has 0 amide bonds. The Morgan fingerprint density at radius 3 is 1.71 bits per heavy atom. The fourth-order valence-electron chi connectivity index (χ4n) is 3.21. The van der Waals surface area contributed by atoms with E-state index in [0.29, 0.717) is 5.92 Å². The van der Waals surface area contributed by atoms with Gasteiger partial charge in [0.05, 0.1) is 0 Å². The fraction of sp³-hybridized carbons (Fsp3) is 0.304. The first-order valence-corrected chi connectivity index (χ1v) is 11.6. The molecule has 0 bridgehead atoms. The predicted octanol–water partition coefficient (Wildman–Crippen LogP) is 6.30. The zero-order chi connectivity index (χ0) is 17.2. The first kappa shape index (κ1) is 18.5. The van der Waals surface area contributed by atoms with Crippen molar-refractivity contribution in [2.45, 2.75) is 44.2 Å². The monoisotopic (exact) mass is 334 g/mol. The molecular formula is C23H30Si. The van der Waals surface area contributed by atoms with E-state index in [9.17, 15) is 0 Å². The van der Waals surface area contributed by atoms with Gasteiger partial charge < -0.3 is 0 Å². The third-order valence-electron chi connectivity index (χ3n) is 4.75. The number of unbranched alkanes of at least 4 members (excludes halogenated alkanes) is 2. The second-order valence-corrected chi connectivity index (χ2v) is 8.20. The van der Waals surface area contributed by atoms with Gasteiger partial charge >= 0.3 is 0 Å². The molecule has 0 N–H and O–H groups in total. The van der Waals surface area contributed by atoms with Crippen molar-refractivity contribution in [2.24, 2.45) is 0 Å². The topological polar surface area (TPSA) is 0 Å². The van der Waals surface area contributed by atoms with Gasteiger partial charge in [0.1, 0.15) is 0 Å². The molecule has 0 aliphatic carbocycles. The summed E-state index contributed by atoms with van der Waals surface area (Å²) in [5.41, 5.74) is 5.20. The lowest BCUT2D eigenvalue weighted by atomic mass is 9.86. The van der Waals surface area contributed by atoms with Crippen molar-refractivity contribution < 1.29 is 0 Å². The summed E-state index contributed by atoms with van der Waals surface area (Å²) in [5, 5.41) is 0. The summed E-state index contributed by atoms with van der Waals surface area (Å²) in [6.45, 7) is 10.1. The number of rotatable bonds is 10. The fourth-order valence-corrected chi connectivity index (χ4v) is 4.06. The average Bonchev–Trinajstić information content (AvgIpc) is 2.65. The molecule has 0 saturated heterocycles. The van der Waals surface area contributed by atoms with Gasteiger partial charge in [-0.15, -0.1) is 0 Å². The van der Waals surface area contributed by atoms with Gasteiger partial charge in [-0.05, 0) is 28.7 Å². The van der Waals surface area contributed by atoms with Gasteiger partial charge in [0.25, 0.3) is 0 Å². The van der Waals surface area contributed by atoms with Crippen molar-refractivity contribution in [1.82, 2.24) is 0 Å². The molecule has 1 heteroatoms. The average molecular weight is 335 g/mol. The highest BCUT2D eigenvalue weighted by Crippen LogP contribution is 2.31. The Morgan fingerprint density at radius 1 is 0.792 bits per heavy atom. The number of benzene rings is 2. The van der Waals surface area contributed by atoms with E-state index in [4.69, 9.17) is 0 Å². The molecule has 0 heterocycles. The van der Waals surface area contributed by atoms with Crippen LogP contribution in [0.15, 0.2) is 61.7 Å². The van der Waals surface area contributed by atoms with E-state index in [-0.39, 0.29) is 9.52 Å². The Balaban J connectivity index is 2.15. The first-order valence-electron chi connectivity index (χ1n) is 9.23. The largest absolute Gasteiger partial charge is 0.0985 e. The molecule has 0 unspecified atom stereocenters. The van der Waals surface area contributed by atoms with Crippen LogP contribution >= 0.6 is 0 Å². The molecule has 2 rings (SSSR count). The Bertz CT molecular complexity index is 571. The highest BCUT2D eigenvalue weighted by molar-refractivity contribution is 6.33. The van der Waals surface area contributed by atoms with E-state index in [0.717, 1.165) is 0 Å². The second-order valence-electron chi connectivity index (χ2n) is 6.50. The normalized spacial score (nSPS) is 11.2. The van der Waals surface area contributed by atoms with Crippen LogP contribution < -0.4 is 0 Å². The summed E-state index contributed by atoms with van der Waals surface area (Å²) in [6, 6.07) is 19.3. The highest BCUT2D eigenvalue weighted by Gasteiger charge is 2.14. The molecule has 0 aliphatic rings. The smallest absolute Gasteiger partial charge is 0.0166 e. The second kappa shape index (κ2) is 10.1. The van der Waals surface area contributed by atoms with E-state index in [2.05, 4.69) is 68.2 Å². The van der Waals surface area contributed by atoms with Crippen molar-refractivity contribution in [1.29, 1.82) is 0 Å². The lowest BCUT2D eigenvalue weighted by Gasteiger charge is -2.19. The first-order chi connectivity index (χ1) is 11.8. The van der Waals surface area contributed by atoms with Crippen LogP contribution in [0.5, 0.6) is 0 Å². The van der Waals surface area contributed by atoms with E-state index in [1.807, 2.05) is 12.2 Å². The maximum absolute atomic E-state index is 3.85. The van der Waals surface area contributed by atoms with Crippen LogP contribution in [0.25, 0.3) is 12.2 Å². The van der Waals surface area contributed by atoms with E-state index < -0.39 is 0 Å². The zero-order valence-electron chi connectivity index (χ0n) is 15.0. The van der Waals surface area contributed by atoms with Gasteiger partial charge in [0, 0.05) is 15.4 Å². The van der Waals surface area contributed by atoms with Crippen molar-refractivity contribution in [3.05, 3.63) is 83.9 Å². The Morgan fingerprint density at radius 2 is 1.29 bits per heavy atom. The number of hydrogen-bond donors (Lipinski definition) is 0. The van der Waals surface area contributed by atoms with Crippen molar-refractivity contribution >= 4 is 21.7 Å². The van der Waals surface area contributed by atoms with Crippen LogP contribution in [0, 0.1) is 0 Å². The molecule has 0 aliphatic heterocycles. The van der Waals surface area contributed by atoms with Crippen LogP contribution in [-0.2, 0) is 0 Å². The van der Waals surface area contributed by atoms with Gasteiger partial charge in [0.15, 0.2) is 0 Å². The lowest BCUT2D eigenvalue weighted by Crippen LogP contribution is -2.02. The number of hydrogen-bond acceptors (Lipinski definition) is 0. The molecule has 0 radical (unpaired) electrons. The summed E-state index contributed by atoms with van der Waals surface area (Å²) in [5.74, 6) is 0.488. The van der Waals surface area contributed by atoms with Gasteiger partial charge in [-0.3, -0.25) is 0 Å². The van der Waals surface area contributed by atoms with Crippen LogP contribution in [-0.4, -0.2) is 9.52 Å². The molecule has 24 heavy (non-hydrogen) atoms. The van der Waals surface area contributed by atoms with E-state index in [1.165, 1.54) is 54.0 Å². The van der Waals surface area contributed by atoms with Crippen molar-refractivity contribution in [3.8, 4) is 0 Å². The minimum Gasteiger partial charge on any atom is -0.0985 e. The predicted molar refractivity (Wildman–Crippen MR) is 113 cm³/mol. The van der Waals surface area contributed by atoms with E-state index >= 15 is 0 Å². The van der Waals surface area contributed by atoms with Crippen LogP contribution in [0.2, 0.25) is 12.6 Å². The molecule has 0 saturated carbocycles. The maximum atomic E-state index is 3.85. The lowest BCUT2D eigenvalue weighted by molar-refractivity contribution is 0.618. The zero-order valence-corrected chi connectivity index (χ0v) is 16.4. The molecule has 0 nitrogen and oxygen atoms in total. The van der Waals surface area contributed by atoms with E-state index in [1.54, 1.807) is 0 Å². The Hall–Kier alpha value is -1.86. The SMILES string of the molecule is C=Cc1ccc(C(CCCCC[SiH2]C)c2ccc(C=C)cc2)cc1. The summed E-state index contributed by atoms with van der Waals surface area (Å²) < 4.78 is 0. The van der Waals surface area contributed by atoms with Gasteiger partial charge in [-0.1, -0.05) is 106 Å². The van der Waals surface area contributed by atoms with Crippen LogP contribution in [0.1, 0.15) is 53.9 Å². The Labute approximate surface area is 150 Å². The quantitative estimate of drug-likeness (QED) is 0.353. The molecular weight excluding hydrogens is 304 g/mol. The minimum absolute atomic E-state index is 0.232. The molecule has 2 aromatic rings. The molecule has 0 atom stereocenters. The molecule has 0 spiro atoms. The summed E-state index contributed by atoms with van der Waals surface area (Å²) in [4.78, 5) is 0. The maximum Gasteiger partial charge on any atom is 0.0166 e. The summed E-state index contributed by atoms with van der Waals surface area (Å²) >= 11 is 0.